The summed E-state index contributed by atoms with van der Waals surface area (Å²) in [4.78, 5) is 14.7. The summed E-state index contributed by atoms with van der Waals surface area (Å²) in [6, 6.07) is 9.79. The zero-order valence-corrected chi connectivity index (χ0v) is 14.3. The van der Waals surface area contributed by atoms with Gasteiger partial charge in [-0.05, 0) is 55.8 Å². The van der Waals surface area contributed by atoms with Gasteiger partial charge in [-0.15, -0.1) is 10.2 Å². The molecule has 0 radical (unpaired) electrons. The Morgan fingerprint density at radius 2 is 1.96 bits per heavy atom. The van der Waals surface area contributed by atoms with E-state index >= 15 is 0 Å². The number of halogens is 1. The molecular weight excluding hydrogens is 323 g/mol. The first-order valence-electron chi connectivity index (χ1n) is 7.92. The number of aromatic amines is 1. The maximum absolute atomic E-state index is 13.1. The average Bonchev–Trinajstić information content (AvgIpc) is 3.22. The Kier molecular flexibility index (Phi) is 4.60. The zero-order chi connectivity index (χ0) is 18.0. The summed E-state index contributed by atoms with van der Waals surface area (Å²) in [5.41, 5.74) is 2.22. The third kappa shape index (κ3) is 3.42. The number of benzene rings is 1. The van der Waals surface area contributed by atoms with Crippen LogP contribution in [0.5, 0.6) is 0 Å². The van der Waals surface area contributed by atoms with Crippen LogP contribution in [0.3, 0.4) is 0 Å². The van der Waals surface area contributed by atoms with E-state index in [2.05, 4.69) is 20.6 Å². The largest absolute Gasteiger partial charge is 0.340 e. The summed E-state index contributed by atoms with van der Waals surface area (Å²) in [7, 11) is 1.82. The molecule has 3 rings (SSSR count). The quantitative estimate of drug-likeness (QED) is 0.772. The van der Waals surface area contributed by atoms with Gasteiger partial charge in [0.25, 0.3) is 5.91 Å². The van der Waals surface area contributed by atoms with Crippen molar-refractivity contribution in [1.82, 2.24) is 30.1 Å². The molecule has 8 heteroatoms. The van der Waals surface area contributed by atoms with E-state index < -0.39 is 0 Å². The van der Waals surface area contributed by atoms with Crippen LogP contribution in [-0.4, -0.2) is 42.0 Å². The second-order valence-corrected chi connectivity index (χ2v) is 6.02. The summed E-state index contributed by atoms with van der Waals surface area (Å²) in [6.45, 7) is 4.13. The summed E-state index contributed by atoms with van der Waals surface area (Å²) in [5, 5.41) is 13.7. The number of H-pyrrole nitrogens is 1. The first kappa shape index (κ1) is 16.8. The van der Waals surface area contributed by atoms with Crippen molar-refractivity contribution in [2.45, 2.75) is 26.4 Å². The summed E-state index contributed by atoms with van der Waals surface area (Å²) < 4.78 is 14.9. The smallest absolute Gasteiger partial charge is 0.271 e. The van der Waals surface area contributed by atoms with Gasteiger partial charge in [0.05, 0.1) is 6.54 Å². The van der Waals surface area contributed by atoms with Crippen LogP contribution in [0.4, 0.5) is 4.39 Å². The molecule has 0 saturated heterocycles. The lowest BCUT2D eigenvalue weighted by molar-refractivity contribution is 0.0675. The molecule has 7 nitrogen and oxygen atoms in total. The van der Waals surface area contributed by atoms with Crippen LogP contribution >= 0.6 is 0 Å². The van der Waals surface area contributed by atoms with Crippen molar-refractivity contribution in [3.05, 3.63) is 53.7 Å². The summed E-state index contributed by atoms with van der Waals surface area (Å²) in [6.07, 6.45) is 0. The molecule has 0 spiro atoms. The van der Waals surface area contributed by atoms with E-state index in [1.165, 1.54) is 12.1 Å². The van der Waals surface area contributed by atoms with Gasteiger partial charge < -0.3 is 9.47 Å². The number of carbonyl (C=O) groups excluding carboxylic acids is 1. The molecule has 2 heterocycles. The van der Waals surface area contributed by atoms with Crippen molar-refractivity contribution in [2.75, 3.05) is 0 Å². The highest BCUT2D eigenvalue weighted by Crippen LogP contribution is 2.23. The Labute approximate surface area is 144 Å². The van der Waals surface area contributed by atoms with Gasteiger partial charge in [0.15, 0.2) is 5.82 Å². The predicted molar refractivity (Wildman–Crippen MR) is 90.0 cm³/mol. The van der Waals surface area contributed by atoms with Crippen LogP contribution in [-0.2, 0) is 13.6 Å². The van der Waals surface area contributed by atoms with Crippen molar-refractivity contribution in [2.24, 2.45) is 7.05 Å². The molecule has 25 heavy (non-hydrogen) atoms. The topological polar surface area (TPSA) is 79.7 Å². The Morgan fingerprint density at radius 1 is 1.24 bits per heavy atom. The summed E-state index contributed by atoms with van der Waals surface area (Å²) >= 11 is 0. The third-order valence-electron chi connectivity index (χ3n) is 4.07. The predicted octanol–water partition coefficient (Wildman–Crippen LogP) is 2.40. The molecule has 0 aliphatic rings. The van der Waals surface area contributed by atoms with E-state index in [0.717, 1.165) is 11.3 Å². The highest BCUT2D eigenvalue weighted by atomic mass is 19.1. The highest BCUT2D eigenvalue weighted by Gasteiger charge is 2.23. The number of hydrogen-bond donors (Lipinski definition) is 1. The SMILES string of the molecule is CC(C)N(Cc1nn[nH]n1)C(=O)c1ccc(-c2ccc(F)cc2)n1C. The standard InChI is InChI=1S/C17H19FN6O/c1-11(2)24(10-16-19-21-22-20-16)17(25)15-9-8-14(23(15)3)12-4-6-13(18)7-5-12/h4-9,11H,10H2,1-3H3,(H,19,20,21,22). The molecule has 0 unspecified atom stereocenters. The molecule has 0 bridgehead atoms. The molecule has 1 aromatic carbocycles. The maximum atomic E-state index is 13.1. The molecule has 0 aliphatic heterocycles. The van der Waals surface area contributed by atoms with Crippen LogP contribution in [0.15, 0.2) is 36.4 Å². The van der Waals surface area contributed by atoms with E-state index in [1.807, 2.05) is 27.0 Å². The van der Waals surface area contributed by atoms with E-state index in [-0.39, 0.29) is 24.3 Å². The fourth-order valence-corrected chi connectivity index (χ4v) is 2.67. The van der Waals surface area contributed by atoms with Crippen molar-refractivity contribution in [1.29, 1.82) is 0 Å². The van der Waals surface area contributed by atoms with Crippen molar-refractivity contribution in [3.8, 4) is 11.3 Å². The minimum absolute atomic E-state index is 0.0322. The van der Waals surface area contributed by atoms with Gasteiger partial charge in [-0.2, -0.15) is 5.21 Å². The lowest BCUT2D eigenvalue weighted by atomic mass is 10.1. The first-order valence-corrected chi connectivity index (χ1v) is 7.92. The lowest BCUT2D eigenvalue weighted by Gasteiger charge is -2.25. The second-order valence-electron chi connectivity index (χ2n) is 6.02. The van der Waals surface area contributed by atoms with Crippen LogP contribution in [0, 0.1) is 5.82 Å². The van der Waals surface area contributed by atoms with Gasteiger partial charge >= 0.3 is 0 Å². The fraction of sp³-hybridized carbons (Fsp3) is 0.294. The molecule has 1 N–H and O–H groups in total. The molecule has 1 amide bonds. The Hall–Kier alpha value is -3.03. The van der Waals surface area contributed by atoms with Crippen LogP contribution in [0.1, 0.15) is 30.2 Å². The minimum atomic E-state index is -0.291. The van der Waals surface area contributed by atoms with Crippen LogP contribution < -0.4 is 0 Å². The maximum Gasteiger partial charge on any atom is 0.271 e. The van der Waals surface area contributed by atoms with E-state index in [1.54, 1.807) is 27.7 Å². The molecule has 0 saturated carbocycles. The Morgan fingerprint density at radius 3 is 2.56 bits per heavy atom. The number of rotatable bonds is 5. The number of aromatic nitrogens is 5. The highest BCUT2D eigenvalue weighted by molar-refractivity contribution is 5.94. The number of amides is 1. The first-order chi connectivity index (χ1) is 12.0. The fourth-order valence-electron chi connectivity index (χ4n) is 2.67. The van der Waals surface area contributed by atoms with Crippen molar-refractivity contribution < 1.29 is 9.18 Å². The van der Waals surface area contributed by atoms with Gasteiger partial charge in [-0.3, -0.25) is 4.79 Å². The zero-order valence-electron chi connectivity index (χ0n) is 14.3. The molecule has 130 valence electrons. The third-order valence-corrected chi connectivity index (χ3v) is 4.07. The van der Waals surface area contributed by atoms with Gasteiger partial charge in [-0.1, -0.05) is 5.21 Å². The number of hydrogen-bond acceptors (Lipinski definition) is 4. The molecular formula is C17H19FN6O. The molecule has 0 aliphatic carbocycles. The normalized spacial score (nSPS) is 11.1. The molecule has 0 fully saturated rings. The Balaban J connectivity index is 1.89. The molecule has 3 aromatic rings. The van der Waals surface area contributed by atoms with Crippen molar-refractivity contribution >= 4 is 5.91 Å². The summed E-state index contributed by atoms with van der Waals surface area (Å²) in [5.74, 6) is 0.0334. The van der Waals surface area contributed by atoms with Gasteiger partial charge in [0.1, 0.15) is 11.5 Å². The second kappa shape index (κ2) is 6.84. The van der Waals surface area contributed by atoms with Gasteiger partial charge in [-0.25, -0.2) is 4.39 Å². The van der Waals surface area contributed by atoms with E-state index in [4.69, 9.17) is 0 Å². The van der Waals surface area contributed by atoms with E-state index in [9.17, 15) is 9.18 Å². The molecule has 0 atom stereocenters. The minimum Gasteiger partial charge on any atom is -0.340 e. The lowest BCUT2D eigenvalue weighted by Crippen LogP contribution is -2.37. The van der Waals surface area contributed by atoms with Gasteiger partial charge in [0.2, 0.25) is 0 Å². The number of nitrogens with one attached hydrogen (secondary N) is 1. The van der Waals surface area contributed by atoms with Gasteiger partial charge in [0, 0.05) is 18.8 Å². The average molecular weight is 342 g/mol. The van der Waals surface area contributed by atoms with Crippen LogP contribution in [0.2, 0.25) is 0 Å². The van der Waals surface area contributed by atoms with Crippen LogP contribution in [0.25, 0.3) is 11.3 Å². The Bertz CT molecular complexity index is 854. The monoisotopic (exact) mass is 342 g/mol. The number of nitrogens with zero attached hydrogens (tertiary/aromatic N) is 5. The number of carbonyl (C=O) groups is 1. The van der Waals surface area contributed by atoms with E-state index in [0.29, 0.717) is 11.5 Å². The number of tetrazole rings is 1. The molecule has 2 aromatic heterocycles. The van der Waals surface area contributed by atoms with Crippen molar-refractivity contribution in [3.63, 3.8) is 0 Å².